The Morgan fingerprint density at radius 1 is 0.917 bits per heavy atom. The average Bonchev–Trinajstić information content (AvgIpc) is 3.31. The van der Waals surface area contributed by atoms with Gasteiger partial charge in [0.05, 0.1) is 24.2 Å². The van der Waals surface area contributed by atoms with Crippen molar-refractivity contribution >= 4 is 11.9 Å². The number of alkyl halides is 5. The Morgan fingerprint density at radius 3 is 2.36 bits per heavy atom. The summed E-state index contributed by atoms with van der Waals surface area (Å²) in [5.74, 6) is -2.59. The maximum absolute atomic E-state index is 13.6. The number of amides is 1. The monoisotopic (exact) mass is 504 g/mol. The van der Waals surface area contributed by atoms with Crippen LogP contribution in [0, 0.1) is 0 Å². The molecule has 0 aromatic heterocycles. The summed E-state index contributed by atoms with van der Waals surface area (Å²) in [5.41, 5.74) is 1.96. The number of hydrogen-bond donors (Lipinski definition) is 0. The maximum Gasteiger partial charge on any atom is 0.416 e. The highest BCUT2D eigenvalue weighted by atomic mass is 19.4. The van der Waals surface area contributed by atoms with Crippen LogP contribution < -0.4 is 0 Å². The van der Waals surface area contributed by atoms with Gasteiger partial charge in [-0.3, -0.25) is 19.6 Å². The molecule has 5 nitrogen and oxygen atoms in total. The number of carbonyl (C=O) groups is 1. The molecule has 5 rings (SSSR count). The fraction of sp³-hybridized carbons (Fsp3) is 0.385. The number of nitrogens with zero attached hydrogens (tertiary/aromatic N) is 4. The van der Waals surface area contributed by atoms with E-state index in [0.717, 1.165) is 24.8 Å². The van der Waals surface area contributed by atoms with E-state index >= 15 is 0 Å². The summed E-state index contributed by atoms with van der Waals surface area (Å²) < 4.78 is 66.5. The van der Waals surface area contributed by atoms with E-state index in [1.807, 2.05) is 9.80 Å². The summed E-state index contributed by atoms with van der Waals surface area (Å²) in [6, 6.07) is 11.1. The Morgan fingerprint density at radius 2 is 1.67 bits per heavy atom. The number of hydrogen-bond acceptors (Lipinski definition) is 4. The van der Waals surface area contributed by atoms with Crippen molar-refractivity contribution in [3.8, 4) is 0 Å². The van der Waals surface area contributed by atoms with E-state index in [1.165, 1.54) is 18.2 Å². The molecule has 3 heterocycles. The molecule has 36 heavy (non-hydrogen) atoms. The van der Waals surface area contributed by atoms with Crippen molar-refractivity contribution in [1.82, 2.24) is 14.7 Å². The number of carbonyl (C=O) groups excluding carboxylic acids is 1. The van der Waals surface area contributed by atoms with E-state index in [0.29, 0.717) is 61.8 Å². The molecule has 190 valence electrons. The van der Waals surface area contributed by atoms with Crippen LogP contribution >= 0.6 is 0 Å². The van der Waals surface area contributed by atoms with Crippen molar-refractivity contribution in [2.24, 2.45) is 4.99 Å². The van der Waals surface area contributed by atoms with Crippen molar-refractivity contribution in [3.63, 3.8) is 0 Å². The van der Waals surface area contributed by atoms with E-state index in [2.05, 4.69) is 4.99 Å². The van der Waals surface area contributed by atoms with Crippen LogP contribution in [0.25, 0.3) is 0 Å². The predicted molar refractivity (Wildman–Crippen MR) is 124 cm³/mol. The maximum atomic E-state index is 13.6. The van der Waals surface area contributed by atoms with Gasteiger partial charge in [-0.05, 0) is 17.2 Å². The summed E-state index contributed by atoms with van der Waals surface area (Å²) in [6.07, 6.45) is -3.82. The second-order valence-corrected chi connectivity index (χ2v) is 9.39. The van der Waals surface area contributed by atoms with Crippen LogP contribution in [-0.4, -0.2) is 52.7 Å². The van der Waals surface area contributed by atoms with Gasteiger partial charge in [-0.25, -0.2) is 8.78 Å². The minimum atomic E-state index is -4.41. The number of halogens is 5. The fourth-order valence-electron chi connectivity index (χ4n) is 4.94. The van der Waals surface area contributed by atoms with E-state index in [9.17, 15) is 26.7 Å². The normalized spacial score (nSPS) is 18.9. The molecule has 0 unspecified atom stereocenters. The van der Waals surface area contributed by atoms with Crippen LogP contribution in [0.5, 0.6) is 0 Å². The van der Waals surface area contributed by atoms with Gasteiger partial charge in [0, 0.05) is 50.8 Å². The van der Waals surface area contributed by atoms with Crippen LogP contribution in [0.4, 0.5) is 22.0 Å². The highest BCUT2D eigenvalue weighted by molar-refractivity contribution is 6.09. The van der Waals surface area contributed by atoms with E-state index < -0.39 is 17.7 Å². The lowest BCUT2D eigenvalue weighted by atomic mass is 9.99. The van der Waals surface area contributed by atoms with Gasteiger partial charge in [-0.15, -0.1) is 0 Å². The smallest absolute Gasteiger partial charge is 0.314 e. The molecule has 0 bridgehead atoms. The van der Waals surface area contributed by atoms with Crippen molar-refractivity contribution in [2.75, 3.05) is 26.2 Å². The van der Waals surface area contributed by atoms with Gasteiger partial charge in [-0.1, -0.05) is 42.5 Å². The number of guanidine groups is 1. The Balaban J connectivity index is 1.36. The first-order chi connectivity index (χ1) is 17.0. The Hall–Kier alpha value is -3.27. The number of aliphatic imine (C=N–C) groups is 1. The zero-order valence-corrected chi connectivity index (χ0v) is 19.7. The lowest BCUT2D eigenvalue weighted by Gasteiger charge is -2.42. The number of fused-ring (bicyclic) bond motifs is 2. The van der Waals surface area contributed by atoms with Gasteiger partial charge < -0.3 is 4.90 Å². The molecule has 0 fully saturated rings. The molecule has 0 spiro atoms. The molecule has 0 saturated heterocycles. The molecule has 0 atom stereocenters. The van der Waals surface area contributed by atoms with Gasteiger partial charge >= 0.3 is 6.18 Å². The van der Waals surface area contributed by atoms with Crippen LogP contribution in [0.2, 0.25) is 0 Å². The first-order valence-corrected chi connectivity index (χ1v) is 11.7. The fourth-order valence-corrected chi connectivity index (χ4v) is 4.94. The van der Waals surface area contributed by atoms with Gasteiger partial charge in [0.2, 0.25) is 5.96 Å². The molecule has 3 aliphatic heterocycles. The molecular weight excluding hydrogens is 479 g/mol. The second kappa shape index (κ2) is 8.99. The van der Waals surface area contributed by atoms with Gasteiger partial charge in [0.25, 0.3) is 11.8 Å². The van der Waals surface area contributed by atoms with Crippen molar-refractivity contribution in [3.05, 3.63) is 82.1 Å². The summed E-state index contributed by atoms with van der Waals surface area (Å²) in [5, 5.41) is 0. The molecular formula is C26H25F5N4O. The minimum absolute atomic E-state index is 0.0986. The SMILES string of the molecule is CC(F)(F)c1ccc(CN2C(=O)C3=C(CCN(Cc4cccc(C(F)(F)F)c4)C3)N3CCN=C23)cc1. The summed E-state index contributed by atoms with van der Waals surface area (Å²) in [4.78, 5) is 23.7. The molecule has 3 aliphatic rings. The molecule has 0 saturated carbocycles. The lowest BCUT2D eigenvalue weighted by Crippen LogP contribution is -2.53. The van der Waals surface area contributed by atoms with Crippen molar-refractivity contribution in [1.29, 1.82) is 0 Å². The van der Waals surface area contributed by atoms with Crippen molar-refractivity contribution in [2.45, 2.75) is 38.5 Å². The molecule has 1 amide bonds. The van der Waals surface area contributed by atoms with Gasteiger partial charge in [-0.2, -0.15) is 13.2 Å². The zero-order valence-electron chi connectivity index (χ0n) is 19.7. The first-order valence-electron chi connectivity index (χ1n) is 11.7. The van der Waals surface area contributed by atoms with Gasteiger partial charge in [0.15, 0.2) is 0 Å². The Kier molecular flexibility index (Phi) is 6.10. The molecule has 10 heteroatoms. The zero-order chi connectivity index (χ0) is 25.7. The van der Waals surface area contributed by atoms with Crippen LogP contribution in [-0.2, 0) is 30.0 Å². The standard InChI is InChI=1S/C26H25F5N4O/c1-25(27,28)19-7-5-17(6-8-19)15-35-23(36)21-16-33(11-9-22(21)34-12-10-32-24(34)35)14-18-3-2-4-20(13-18)26(29,30)31/h2-8,13H,9-12,14-16H2,1H3. The quantitative estimate of drug-likeness (QED) is 0.539. The third-order valence-corrected chi connectivity index (χ3v) is 6.75. The molecule has 0 aliphatic carbocycles. The van der Waals surface area contributed by atoms with Crippen LogP contribution in [0.15, 0.2) is 64.8 Å². The highest BCUT2D eigenvalue weighted by Gasteiger charge is 2.41. The van der Waals surface area contributed by atoms with Crippen molar-refractivity contribution < 1.29 is 26.7 Å². The highest BCUT2D eigenvalue weighted by Crippen LogP contribution is 2.34. The first kappa shape index (κ1) is 24.4. The number of benzene rings is 2. The van der Waals surface area contributed by atoms with Crippen LogP contribution in [0.3, 0.4) is 0 Å². The largest absolute Gasteiger partial charge is 0.416 e. The Labute approximate surface area is 205 Å². The molecule has 0 radical (unpaired) electrons. The average molecular weight is 505 g/mol. The summed E-state index contributed by atoms with van der Waals surface area (Å²) >= 11 is 0. The van der Waals surface area contributed by atoms with E-state index in [1.54, 1.807) is 23.1 Å². The third kappa shape index (κ3) is 4.74. The molecule has 2 aromatic rings. The van der Waals surface area contributed by atoms with E-state index in [4.69, 9.17) is 0 Å². The van der Waals surface area contributed by atoms with Crippen LogP contribution in [0.1, 0.15) is 35.6 Å². The molecule has 2 aromatic carbocycles. The predicted octanol–water partition coefficient (Wildman–Crippen LogP) is 4.99. The van der Waals surface area contributed by atoms with Gasteiger partial charge in [0.1, 0.15) is 0 Å². The third-order valence-electron chi connectivity index (χ3n) is 6.75. The second-order valence-electron chi connectivity index (χ2n) is 9.39. The lowest BCUT2D eigenvalue weighted by molar-refractivity contribution is -0.137. The summed E-state index contributed by atoms with van der Waals surface area (Å²) in [7, 11) is 0. The van der Waals surface area contributed by atoms with E-state index in [-0.39, 0.29) is 18.0 Å². The summed E-state index contributed by atoms with van der Waals surface area (Å²) in [6.45, 7) is 3.43. The Bertz CT molecular complexity index is 1230. The minimum Gasteiger partial charge on any atom is -0.314 e. The topological polar surface area (TPSA) is 39.2 Å². The number of rotatable bonds is 5. The molecule has 0 N–H and O–H groups in total.